The van der Waals surface area contributed by atoms with E-state index in [1.54, 1.807) is 24.3 Å². The van der Waals surface area contributed by atoms with Gasteiger partial charge in [-0.3, -0.25) is 9.59 Å². The second kappa shape index (κ2) is 7.67. The predicted molar refractivity (Wildman–Crippen MR) is 103 cm³/mol. The molecule has 30 heavy (non-hydrogen) atoms. The zero-order chi connectivity index (χ0) is 21.3. The van der Waals surface area contributed by atoms with Crippen LogP contribution < -0.4 is 4.90 Å². The second-order valence-electron chi connectivity index (χ2n) is 6.36. The Kier molecular flexibility index (Phi) is 4.89. The van der Waals surface area contributed by atoms with Crippen LogP contribution in [0.25, 0.3) is 0 Å². The number of esters is 2. The van der Waals surface area contributed by atoms with Gasteiger partial charge in [0.1, 0.15) is 5.56 Å². The van der Waals surface area contributed by atoms with Crippen LogP contribution >= 0.6 is 0 Å². The highest BCUT2D eigenvalue weighted by molar-refractivity contribution is 6.34. The van der Waals surface area contributed by atoms with Crippen LogP contribution in [-0.2, 0) is 16.1 Å². The number of hydrogen-bond acceptors (Lipinski definition) is 7. The summed E-state index contributed by atoms with van der Waals surface area (Å²) in [5, 5.41) is 0. The molecule has 0 atom stereocenters. The summed E-state index contributed by atoms with van der Waals surface area (Å²) in [7, 11) is 1.24. The van der Waals surface area contributed by atoms with Crippen LogP contribution in [0, 0.1) is 0 Å². The first-order valence-corrected chi connectivity index (χ1v) is 8.91. The number of amides is 2. The van der Waals surface area contributed by atoms with Gasteiger partial charge in [-0.15, -0.1) is 0 Å². The average molecular weight is 405 g/mol. The topological polar surface area (TPSA) is 103 Å². The summed E-state index contributed by atoms with van der Waals surface area (Å²) in [4.78, 5) is 50.1. The van der Waals surface area contributed by atoms with Gasteiger partial charge >= 0.3 is 11.9 Å². The first kappa shape index (κ1) is 19.1. The molecule has 0 bridgehead atoms. The van der Waals surface area contributed by atoms with Gasteiger partial charge in [0.05, 0.1) is 35.8 Å². The minimum absolute atomic E-state index is 0.165. The van der Waals surface area contributed by atoms with Gasteiger partial charge in [-0.05, 0) is 42.5 Å². The van der Waals surface area contributed by atoms with E-state index in [9.17, 15) is 19.2 Å². The van der Waals surface area contributed by atoms with Crippen LogP contribution in [0.4, 0.5) is 5.69 Å². The van der Waals surface area contributed by atoms with E-state index in [4.69, 9.17) is 9.15 Å². The third kappa shape index (κ3) is 3.24. The van der Waals surface area contributed by atoms with Gasteiger partial charge in [-0.2, -0.15) is 0 Å². The van der Waals surface area contributed by atoms with Crippen LogP contribution in [0.1, 0.15) is 47.2 Å². The SMILES string of the molecule is COC(=O)c1ccoc1COC(=O)c1ccc(N2C(=O)c3ccccc3C2=O)cc1. The summed E-state index contributed by atoms with van der Waals surface area (Å²) >= 11 is 0. The molecule has 0 fully saturated rings. The molecule has 8 nitrogen and oxygen atoms in total. The van der Waals surface area contributed by atoms with Crippen molar-refractivity contribution in [1.29, 1.82) is 0 Å². The monoisotopic (exact) mass is 405 g/mol. The Bertz CT molecular complexity index is 1130. The van der Waals surface area contributed by atoms with Crippen LogP contribution in [-0.4, -0.2) is 30.9 Å². The van der Waals surface area contributed by atoms with E-state index >= 15 is 0 Å². The average Bonchev–Trinajstić information content (AvgIpc) is 3.35. The summed E-state index contributed by atoms with van der Waals surface area (Å²) in [5.74, 6) is -1.92. The zero-order valence-electron chi connectivity index (χ0n) is 15.8. The van der Waals surface area contributed by atoms with E-state index in [2.05, 4.69) is 4.74 Å². The van der Waals surface area contributed by atoms with Crippen LogP contribution in [0.5, 0.6) is 0 Å². The molecule has 1 aromatic heterocycles. The maximum atomic E-state index is 12.5. The van der Waals surface area contributed by atoms with E-state index in [1.165, 1.54) is 43.7 Å². The lowest BCUT2D eigenvalue weighted by Gasteiger charge is -2.14. The Balaban J connectivity index is 1.46. The Morgan fingerprint density at radius 2 is 1.53 bits per heavy atom. The number of fused-ring (bicyclic) bond motifs is 1. The van der Waals surface area contributed by atoms with E-state index in [0.29, 0.717) is 16.8 Å². The van der Waals surface area contributed by atoms with Gasteiger partial charge in [-0.25, -0.2) is 14.5 Å². The summed E-state index contributed by atoms with van der Waals surface area (Å²) in [6, 6.07) is 13.9. The molecule has 0 radical (unpaired) electrons. The highest BCUT2D eigenvalue weighted by Crippen LogP contribution is 2.28. The lowest BCUT2D eigenvalue weighted by molar-refractivity contribution is 0.0432. The van der Waals surface area contributed by atoms with E-state index in [-0.39, 0.29) is 23.5 Å². The number of hydrogen-bond donors (Lipinski definition) is 0. The lowest BCUT2D eigenvalue weighted by Crippen LogP contribution is -2.29. The van der Waals surface area contributed by atoms with Crippen molar-refractivity contribution in [3.63, 3.8) is 0 Å². The van der Waals surface area contributed by atoms with Gasteiger partial charge < -0.3 is 13.9 Å². The zero-order valence-corrected chi connectivity index (χ0v) is 15.8. The quantitative estimate of drug-likeness (QED) is 0.474. The number of nitrogens with zero attached hydrogens (tertiary/aromatic N) is 1. The number of imide groups is 1. The van der Waals surface area contributed by atoms with Crippen molar-refractivity contribution in [3.8, 4) is 0 Å². The van der Waals surface area contributed by atoms with Crippen molar-refractivity contribution in [2.24, 2.45) is 0 Å². The molecule has 2 amide bonds. The molecule has 0 unspecified atom stereocenters. The van der Waals surface area contributed by atoms with Crippen molar-refractivity contribution < 1.29 is 33.1 Å². The first-order chi connectivity index (χ1) is 14.5. The molecule has 0 saturated carbocycles. The van der Waals surface area contributed by atoms with Gasteiger partial charge in [0.25, 0.3) is 11.8 Å². The molecule has 0 aliphatic carbocycles. The molecule has 3 aromatic rings. The fourth-order valence-corrected chi connectivity index (χ4v) is 3.13. The highest BCUT2D eigenvalue weighted by Gasteiger charge is 2.36. The Morgan fingerprint density at radius 3 is 2.13 bits per heavy atom. The Hall–Kier alpha value is -4.20. The van der Waals surface area contributed by atoms with Crippen LogP contribution in [0.2, 0.25) is 0 Å². The molecule has 8 heteroatoms. The van der Waals surface area contributed by atoms with Crippen molar-refractivity contribution in [1.82, 2.24) is 0 Å². The van der Waals surface area contributed by atoms with E-state index < -0.39 is 23.8 Å². The second-order valence-corrected chi connectivity index (χ2v) is 6.36. The van der Waals surface area contributed by atoms with Gasteiger partial charge in [0.15, 0.2) is 12.4 Å². The molecular formula is C22H15NO7. The molecule has 0 N–H and O–H groups in total. The third-order valence-electron chi connectivity index (χ3n) is 4.64. The van der Waals surface area contributed by atoms with Crippen LogP contribution in [0.15, 0.2) is 65.3 Å². The number of carbonyl (C=O) groups is 4. The normalized spacial score (nSPS) is 12.6. The van der Waals surface area contributed by atoms with Gasteiger partial charge in [0.2, 0.25) is 0 Å². The number of anilines is 1. The molecular weight excluding hydrogens is 390 g/mol. The number of carbonyl (C=O) groups excluding carboxylic acids is 4. The number of rotatable bonds is 5. The maximum absolute atomic E-state index is 12.5. The largest absolute Gasteiger partial charge is 0.465 e. The Labute approximate surface area is 170 Å². The minimum Gasteiger partial charge on any atom is -0.465 e. The van der Waals surface area contributed by atoms with Gasteiger partial charge in [-0.1, -0.05) is 12.1 Å². The highest BCUT2D eigenvalue weighted by atomic mass is 16.5. The first-order valence-electron chi connectivity index (χ1n) is 8.91. The number of benzene rings is 2. The van der Waals surface area contributed by atoms with Crippen molar-refractivity contribution in [3.05, 3.63) is 88.9 Å². The minimum atomic E-state index is -0.656. The van der Waals surface area contributed by atoms with Crippen molar-refractivity contribution in [2.75, 3.05) is 12.0 Å². The smallest absolute Gasteiger partial charge is 0.341 e. The number of furan rings is 1. The molecule has 0 saturated heterocycles. The molecule has 1 aliphatic heterocycles. The summed E-state index contributed by atoms with van der Waals surface area (Å²) < 4.78 is 15.0. The van der Waals surface area contributed by atoms with Gasteiger partial charge in [0, 0.05) is 0 Å². The summed E-state index contributed by atoms with van der Waals surface area (Å²) in [6.45, 7) is -0.254. The molecule has 1 aliphatic rings. The lowest BCUT2D eigenvalue weighted by atomic mass is 10.1. The number of ether oxygens (including phenoxy) is 2. The molecule has 2 heterocycles. The maximum Gasteiger partial charge on any atom is 0.341 e. The van der Waals surface area contributed by atoms with E-state index in [1.807, 2.05) is 0 Å². The van der Waals surface area contributed by atoms with Crippen LogP contribution in [0.3, 0.4) is 0 Å². The summed E-state index contributed by atoms with van der Waals surface area (Å²) in [6.07, 6.45) is 1.30. The fourth-order valence-electron chi connectivity index (χ4n) is 3.13. The fraction of sp³-hybridized carbons (Fsp3) is 0.0909. The van der Waals surface area contributed by atoms with Crippen molar-refractivity contribution in [2.45, 2.75) is 6.61 Å². The third-order valence-corrected chi connectivity index (χ3v) is 4.64. The molecule has 0 spiro atoms. The predicted octanol–water partition coefficient (Wildman–Crippen LogP) is 3.22. The van der Waals surface area contributed by atoms with E-state index in [0.717, 1.165) is 4.90 Å². The molecule has 150 valence electrons. The Morgan fingerprint density at radius 1 is 0.900 bits per heavy atom. The standard InChI is InChI=1S/C22H15NO7/c1-28-22(27)17-10-11-29-18(17)12-30-21(26)13-6-8-14(9-7-13)23-19(24)15-4-2-3-5-16(15)20(23)25/h2-11H,12H2,1H3. The van der Waals surface area contributed by atoms with Crippen molar-refractivity contribution >= 4 is 29.4 Å². The number of methoxy groups -OCH3 is 1. The molecule has 4 rings (SSSR count). The molecule has 2 aromatic carbocycles. The summed E-state index contributed by atoms with van der Waals surface area (Å²) in [5.41, 5.74) is 1.40.